The van der Waals surface area contributed by atoms with Gasteiger partial charge in [-0.25, -0.2) is 0 Å². The Hall–Kier alpha value is -0.610. The first-order valence-corrected chi connectivity index (χ1v) is 10.3. The van der Waals surface area contributed by atoms with Crippen LogP contribution < -0.4 is 12.4 Å². The van der Waals surface area contributed by atoms with E-state index >= 15 is 0 Å². The van der Waals surface area contributed by atoms with Crippen LogP contribution in [0.4, 0.5) is 0 Å². The summed E-state index contributed by atoms with van der Waals surface area (Å²) >= 11 is 0. The van der Waals surface area contributed by atoms with E-state index in [2.05, 4.69) is 38.2 Å². The molecule has 0 amide bonds. The summed E-state index contributed by atoms with van der Waals surface area (Å²) in [4.78, 5) is 0. The van der Waals surface area contributed by atoms with E-state index in [0.717, 1.165) is 19.4 Å². The van der Waals surface area contributed by atoms with Gasteiger partial charge in [0.15, 0.2) is 0 Å². The number of halogens is 1. The highest BCUT2D eigenvalue weighted by molar-refractivity contribution is 5.13. The number of hydrogen-bond acceptors (Lipinski definition) is 2. The summed E-state index contributed by atoms with van der Waals surface area (Å²) in [6, 6.07) is 10.4. The van der Waals surface area contributed by atoms with Gasteiger partial charge in [-0.15, -0.1) is 0 Å². The van der Waals surface area contributed by atoms with E-state index in [-0.39, 0.29) is 25.1 Å². The zero-order chi connectivity index (χ0) is 18.4. The van der Waals surface area contributed by atoms with E-state index in [1.807, 2.05) is 6.07 Å². The highest BCUT2D eigenvalue weighted by atomic mass is 35.5. The number of nitrogens with zero attached hydrogens (tertiary/aromatic N) is 1. The van der Waals surface area contributed by atoms with E-state index in [9.17, 15) is 10.2 Å². The van der Waals surface area contributed by atoms with Crippen LogP contribution in [0.15, 0.2) is 30.3 Å². The molecule has 2 atom stereocenters. The van der Waals surface area contributed by atoms with Crippen molar-refractivity contribution in [2.75, 3.05) is 26.7 Å². The van der Waals surface area contributed by atoms with Gasteiger partial charge < -0.3 is 27.1 Å². The normalized spacial score (nSPS) is 14.5. The molecule has 0 heterocycles. The molecule has 4 heteroatoms. The Morgan fingerprint density at radius 2 is 1.50 bits per heavy atom. The summed E-state index contributed by atoms with van der Waals surface area (Å²) in [5.74, 6) is 0. The first-order valence-electron chi connectivity index (χ1n) is 10.3. The highest BCUT2D eigenvalue weighted by Crippen LogP contribution is 2.16. The summed E-state index contributed by atoms with van der Waals surface area (Å²) in [6.07, 6.45) is 11.0. The lowest BCUT2D eigenvalue weighted by atomic mass is 10.0. The van der Waals surface area contributed by atoms with Crippen molar-refractivity contribution in [2.45, 2.75) is 77.4 Å². The van der Waals surface area contributed by atoms with Crippen molar-refractivity contribution >= 4 is 0 Å². The Morgan fingerprint density at radius 3 is 2.08 bits per heavy atom. The van der Waals surface area contributed by atoms with Crippen LogP contribution in [-0.2, 0) is 6.54 Å². The zero-order valence-corrected chi connectivity index (χ0v) is 17.6. The smallest absolute Gasteiger partial charge is 0.105 e. The van der Waals surface area contributed by atoms with Gasteiger partial charge in [0.05, 0.1) is 13.7 Å². The van der Waals surface area contributed by atoms with Crippen molar-refractivity contribution in [2.24, 2.45) is 0 Å². The summed E-state index contributed by atoms with van der Waals surface area (Å²) in [6.45, 7) is 4.67. The number of likely N-dealkylation sites (N-methyl/N-ethyl adjacent to an activating group) is 1. The lowest BCUT2D eigenvalue weighted by Gasteiger charge is -2.36. The van der Waals surface area contributed by atoms with Gasteiger partial charge in [0.2, 0.25) is 0 Å². The molecule has 2 unspecified atom stereocenters. The molecular formula is C22H40ClNO2. The second kappa shape index (κ2) is 15.4. The number of unbranched alkanes of at least 4 members (excludes halogenated alkanes) is 7. The van der Waals surface area contributed by atoms with Crippen LogP contribution in [0.1, 0.15) is 70.3 Å². The molecule has 0 aliphatic rings. The number of rotatable bonds is 15. The lowest BCUT2D eigenvalue weighted by Crippen LogP contribution is -3.00. The van der Waals surface area contributed by atoms with Crippen LogP contribution in [0.3, 0.4) is 0 Å². The van der Waals surface area contributed by atoms with Gasteiger partial charge >= 0.3 is 0 Å². The second-order valence-corrected chi connectivity index (χ2v) is 7.81. The Bertz CT molecular complexity index is 429. The van der Waals surface area contributed by atoms with Crippen molar-refractivity contribution in [1.82, 2.24) is 0 Å². The Balaban J connectivity index is 0.00000625. The molecule has 1 aromatic carbocycles. The molecule has 0 saturated carbocycles. The van der Waals surface area contributed by atoms with Crippen LogP contribution in [0.5, 0.6) is 0 Å². The minimum atomic E-state index is -0.277. The van der Waals surface area contributed by atoms with Crippen molar-refractivity contribution in [3.05, 3.63) is 35.9 Å². The predicted octanol–water partition coefficient (Wildman–Crippen LogP) is 1.52. The summed E-state index contributed by atoms with van der Waals surface area (Å²) < 4.78 is 0.693. The topological polar surface area (TPSA) is 40.5 Å². The van der Waals surface area contributed by atoms with Gasteiger partial charge in [-0.3, -0.25) is 0 Å². The SMILES string of the molecule is CCCCCCCCCCC(O)C[N+](C)(CCO)Cc1ccccc1.[Cl-]. The number of hydrogen-bond donors (Lipinski definition) is 2. The summed E-state index contributed by atoms with van der Waals surface area (Å²) in [5, 5.41) is 19.9. The molecule has 152 valence electrons. The van der Waals surface area contributed by atoms with E-state index in [0.29, 0.717) is 17.6 Å². The predicted molar refractivity (Wildman–Crippen MR) is 106 cm³/mol. The molecule has 0 spiro atoms. The van der Waals surface area contributed by atoms with E-state index in [4.69, 9.17) is 0 Å². The molecule has 26 heavy (non-hydrogen) atoms. The third-order valence-electron chi connectivity index (χ3n) is 5.09. The number of benzene rings is 1. The van der Waals surface area contributed by atoms with Crippen molar-refractivity contribution in [1.29, 1.82) is 0 Å². The molecule has 1 rings (SSSR count). The third kappa shape index (κ3) is 11.9. The quantitative estimate of drug-likeness (QED) is 0.355. The highest BCUT2D eigenvalue weighted by Gasteiger charge is 2.25. The zero-order valence-electron chi connectivity index (χ0n) is 16.9. The Kier molecular flexibility index (Phi) is 15.1. The number of aliphatic hydroxyl groups is 2. The third-order valence-corrected chi connectivity index (χ3v) is 5.09. The second-order valence-electron chi connectivity index (χ2n) is 7.81. The maximum atomic E-state index is 10.5. The van der Waals surface area contributed by atoms with Crippen LogP contribution in [0.2, 0.25) is 0 Å². The average molecular weight is 386 g/mol. The van der Waals surface area contributed by atoms with Crippen molar-refractivity contribution in [3.63, 3.8) is 0 Å². The maximum Gasteiger partial charge on any atom is 0.105 e. The molecule has 0 fully saturated rings. The molecule has 0 aliphatic heterocycles. The molecule has 1 aromatic rings. The Morgan fingerprint density at radius 1 is 0.923 bits per heavy atom. The number of aliphatic hydroxyl groups excluding tert-OH is 2. The molecule has 2 N–H and O–H groups in total. The average Bonchev–Trinajstić information content (AvgIpc) is 2.58. The van der Waals surface area contributed by atoms with E-state index in [1.165, 1.54) is 50.5 Å². The van der Waals surface area contributed by atoms with Gasteiger partial charge in [-0.1, -0.05) is 88.6 Å². The van der Waals surface area contributed by atoms with Crippen LogP contribution in [0.25, 0.3) is 0 Å². The maximum absolute atomic E-state index is 10.5. The molecule has 0 saturated heterocycles. The first kappa shape index (κ1) is 25.4. The van der Waals surface area contributed by atoms with Gasteiger partial charge in [0.25, 0.3) is 0 Å². The van der Waals surface area contributed by atoms with Crippen molar-refractivity contribution < 1.29 is 27.1 Å². The fourth-order valence-corrected chi connectivity index (χ4v) is 3.61. The van der Waals surface area contributed by atoms with Gasteiger partial charge in [0, 0.05) is 5.56 Å². The minimum Gasteiger partial charge on any atom is -1.00 e. The van der Waals surface area contributed by atoms with Crippen LogP contribution in [0, 0.1) is 0 Å². The van der Waals surface area contributed by atoms with Gasteiger partial charge in [-0.2, -0.15) is 0 Å². The fraction of sp³-hybridized carbons (Fsp3) is 0.727. The van der Waals surface area contributed by atoms with Crippen LogP contribution >= 0.6 is 0 Å². The van der Waals surface area contributed by atoms with E-state index < -0.39 is 0 Å². The molecular weight excluding hydrogens is 346 g/mol. The van der Waals surface area contributed by atoms with Gasteiger partial charge in [-0.05, 0) is 6.42 Å². The Labute approximate surface area is 167 Å². The van der Waals surface area contributed by atoms with Crippen LogP contribution in [-0.4, -0.2) is 47.5 Å². The minimum absolute atomic E-state index is 0. The largest absolute Gasteiger partial charge is 1.00 e. The molecule has 0 aromatic heterocycles. The molecule has 0 radical (unpaired) electrons. The fourth-order valence-electron chi connectivity index (χ4n) is 3.61. The number of quaternary nitrogens is 1. The first-order chi connectivity index (χ1) is 12.1. The standard InChI is InChI=1S/C22H40NO2.ClH/c1-3-4-5-6-7-8-9-13-16-22(25)20-23(2,17-18-24)19-21-14-11-10-12-15-21;/h10-12,14-15,22,24-25H,3-9,13,16-20H2,1-2H3;1H/q+1;/p-1. The van der Waals surface area contributed by atoms with Gasteiger partial charge in [0.1, 0.15) is 25.7 Å². The summed E-state index contributed by atoms with van der Waals surface area (Å²) in [7, 11) is 2.14. The molecule has 0 aliphatic carbocycles. The summed E-state index contributed by atoms with van der Waals surface area (Å²) in [5.41, 5.74) is 1.26. The molecule has 0 bridgehead atoms. The molecule has 3 nitrogen and oxygen atoms in total. The monoisotopic (exact) mass is 385 g/mol. The van der Waals surface area contributed by atoms with Crippen molar-refractivity contribution in [3.8, 4) is 0 Å². The van der Waals surface area contributed by atoms with E-state index in [1.54, 1.807) is 0 Å². The lowest BCUT2D eigenvalue weighted by molar-refractivity contribution is -0.925.